The Bertz CT molecular complexity index is 1120. The van der Waals surface area contributed by atoms with Crippen LogP contribution in [-0.4, -0.2) is 26.7 Å². The molecule has 3 atom stereocenters. The number of rotatable bonds is 3. The van der Waals surface area contributed by atoms with E-state index >= 15 is 0 Å². The van der Waals surface area contributed by atoms with Gasteiger partial charge in [-0.15, -0.1) is 23.2 Å². The summed E-state index contributed by atoms with van der Waals surface area (Å²) < 4.78 is 13.4. The van der Waals surface area contributed by atoms with E-state index in [1.807, 2.05) is 0 Å². The van der Waals surface area contributed by atoms with Crippen molar-refractivity contribution < 1.29 is 19.1 Å². The zero-order chi connectivity index (χ0) is 21.8. The average molecular weight is 467 g/mol. The Morgan fingerprint density at radius 3 is 2.43 bits per heavy atom. The van der Waals surface area contributed by atoms with Crippen molar-refractivity contribution in [2.75, 3.05) is 4.90 Å². The lowest BCUT2D eigenvalue weighted by Gasteiger charge is -2.42. The number of hydrogen-bond acceptors (Lipinski definition) is 3. The van der Waals surface area contributed by atoms with E-state index in [9.17, 15) is 19.1 Å². The molecule has 0 spiro atoms. The van der Waals surface area contributed by atoms with Crippen molar-refractivity contribution in [3.8, 4) is 5.75 Å². The molecule has 2 aromatic carbocycles. The Kier molecular flexibility index (Phi) is 4.96. The summed E-state index contributed by atoms with van der Waals surface area (Å²) in [5.74, 6) is -3.16. The first-order chi connectivity index (χ1) is 14.1. The average Bonchev–Trinajstić information content (AvgIpc) is 2.87. The lowest BCUT2D eigenvalue weighted by atomic mass is 9.68. The molecule has 1 saturated heterocycles. The van der Waals surface area contributed by atoms with Crippen molar-refractivity contribution in [2.24, 2.45) is 0 Å². The van der Waals surface area contributed by atoms with Crippen LogP contribution in [0.3, 0.4) is 0 Å². The second kappa shape index (κ2) is 7.12. The number of anilines is 1. The van der Waals surface area contributed by atoms with Gasteiger partial charge in [-0.2, -0.15) is 0 Å². The quantitative estimate of drug-likeness (QED) is 0.492. The SMILES string of the molecule is C=CC1=CCC2(Cl)C(=O)N(c3ccc(F)cc3)C(=O)C2(Cl)C1c1cc(Cl)ccc1O. The molecule has 1 aliphatic heterocycles. The van der Waals surface area contributed by atoms with Crippen molar-refractivity contribution in [3.63, 3.8) is 0 Å². The van der Waals surface area contributed by atoms with Gasteiger partial charge in [-0.05, 0) is 54.5 Å². The number of halogens is 4. The number of alkyl halides is 2. The first-order valence-electron chi connectivity index (χ1n) is 8.98. The molecule has 1 heterocycles. The molecule has 1 aliphatic carbocycles. The molecule has 3 unspecified atom stereocenters. The first-order valence-corrected chi connectivity index (χ1v) is 10.1. The number of phenolic OH excluding ortho intramolecular Hbond substituents is 1. The maximum absolute atomic E-state index is 13.6. The van der Waals surface area contributed by atoms with Gasteiger partial charge in [0.15, 0.2) is 9.75 Å². The molecule has 0 radical (unpaired) electrons. The summed E-state index contributed by atoms with van der Waals surface area (Å²) >= 11 is 19.9. The van der Waals surface area contributed by atoms with Gasteiger partial charge in [-0.1, -0.05) is 30.3 Å². The molecule has 30 heavy (non-hydrogen) atoms. The van der Waals surface area contributed by atoms with Crippen molar-refractivity contribution in [3.05, 3.63) is 83.2 Å². The highest BCUT2D eigenvalue weighted by molar-refractivity contribution is 6.58. The number of amides is 2. The van der Waals surface area contributed by atoms with Gasteiger partial charge in [-0.3, -0.25) is 9.59 Å². The van der Waals surface area contributed by atoms with Crippen LogP contribution < -0.4 is 4.90 Å². The predicted molar refractivity (Wildman–Crippen MR) is 115 cm³/mol. The topological polar surface area (TPSA) is 57.6 Å². The molecule has 2 aliphatic rings. The minimum Gasteiger partial charge on any atom is -0.508 e. The van der Waals surface area contributed by atoms with Gasteiger partial charge in [0.2, 0.25) is 0 Å². The van der Waals surface area contributed by atoms with Crippen LogP contribution in [0, 0.1) is 5.82 Å². The van der Waals surface area contributed by atoms with E-state index in [-0.39, 0.29) is 23.4 Å². The van der Waals surface area contributed by atoms with Gasteiger partial charge < -0.3 is 5.11 Å². The van der Waals surface area contributed by atoms with Crippen LogP contribution in [0.1, 0.15) is 17.9 Å². The monoisotopic (exact) mass is 465 g/mol. The van der Waals surface area contributed by atoms with Gasteiger partial charge in [0, 0.05) is 16.5 Å². The van der Waals surface area contributed by atoms with Gasteiger partial charge in [0.05, 0.1) is 5.69 Å². The number of aromatic hydroxyl groups is 1. The van der Waals surface area contributed by atoms with Crippen molar-refractivity contribution >= 4 is 52.3 Å². The number of nitrogens with zero attached hydrogens (tertiary/aromatic N) is 1. The largest absolute Gasteiger partial charge is 0.508 e. The highest BCUT2D eigenvalue weighted by Crippen LogP contribution is 2.60. The van der Waals surface area contributed by atoms with Crippen LogP contribution in [0.4, 0.5) is 10.1 Å². The molecule has 2 aromatic rings. The number of benzene rings is 2. The molecule has 1 fully saturated rings. The number of phenols is 1. The number of hydrogen-bond donors (Lipinski definition) is 1. The molecule has 0 aromatic heterocycles. The van der Waals surface area contributed by atoms with Crippen molar-refractivity contribution in [1.29, 1.82) is 0 Å². The van der Waals surface area contributed by atoms with Gasteiger partial charge in [-0.25, -0.2) is 9.29 Å². The van der Waals surface area contributed by atoms with Crippen LogP contribution in [0.2, 0.25) is 5.02 Å². The zero-order valence-corrected chi connectivity index (χ0v) is 17.7. The summed E-state index contributed by atoms with van der Waals surface area (Å²) in [5.41, 5.74) is 0.923. The molecule has 2 amide bonds. The number of imide groups is 1. The molecule has 4 rings (SSSR count). The fourth-order valence-corrected chi connectivity index (χ4v) is 5.15. The molecular formula is C22H15Cl3FNO3. The molecule has 154 valence electrons. The fraction of sp³-hybridized carbons (Fsp3) is 0.182. The molecule has 8 heteroatoms. The number of fused-ring (bicyclic) bond motifs is 1. The number of carbonyl (C=O) groups excluding carboxylic acids is 2. The predicted octanol–water partition coefficient (Wildman–Crippen LogP) is 5.31. The summed E-state index contributed by atoms with van der Waals surface area (Å²) in [6.45, 7) is 3.78. The third kappa shape index (κ3) is 2.73. The highest BCUT2D eigenvalue weighted by Gasteiger charge is 2.73. The molecule has 4 nitrogen and oxygen atoms in total. The van der Waals surface area contributed by atoms with E-state index in [4.69, 9.17) is 34.8 Å². The Morgan fingerprint density at radius 1 is 1.13 bits per heavy atom. The van der Waals surface area contributed by atoms with Crippen molar-refractivity contribution in [1.82, 2.24) is 0 Å². The van der Waals surface area contributed by atoms with Crippen molar-refractivity contribution in [2.45, 2.75) is 22.1 Å². The van der Waals surface area contributed by atoms with E-state index in [2.05, 4.69) is 6.58 Å². The third-order valence-electron chi connectivity index (χ3n) is 5.60. The summed E-state index contributed by atoms with van der Waals surface area (Å²) in [4.78, 5) is 24.0. The number of carbonyl (C=O) groups is 2. The van der Waals surface area contributed by atoms with E-state index in [0.717, 1.165) is 17.0 Å². The first kappa shape index (κ1) is 20.9. The van der Waals surface area contributed by atoms with Gasteiger partial charge in [0.1, 0.15) is 11.6 Å². The second-order valence-electron chi connectivity index (χ2n) is 7.18. The van der Waals surface area contributed by atoms with E-state index in [1.165, 1.54) is 36.4 Å². The maximum atomic E-state index is 13.6. The fourth-order valence-electron chi connectivity index (χ4n) is 4.13. The summed E-state index contributed by atoms with van der Waals surface area (Å²) in [6.07, 6.45) is 3.15. The Balaban J connectivity index is 1.95. The molecule has 0 bridgehead atoms. The van der Waals surface area contributed by atoms with Gasteiger partial charge in [0.25, 0.3) is 11.8 Å². The normalized spacial score (nSPS) is 28.3. The summed E-state index contributed by atoms with van der Waals surface area (Å²) in [6, 6.07) is 9.21. The molecular weight excluding hydrogens is 452 g/mol. The van der Waals surface area contributed by atoms with Crippen LogP contribution in [0.15, 0.2) is 66.8 Å². The smallest absolute Gasteiger partial charge is 0.258 e. The summed E-state index contributed by atoms with van der Waals surface area (Å²) in [7, 11) is 0. The van der Waals surface area contributed by atoms with Crippen LogP contribution in [0.25, 0.3) is 0 Å². The number of allylic oxidation sites excluding steroid dienone is 3. The second-order valence-corrected chi connectivity index (χ2v) is 8.86. The third-order valence-corrected chi connectivity index (χ3v) is 7.25. The highest BCUT2D eigenvalue weighted by atomic mass is 35.5. The lowest BCUT2D eigenvalue weighted by Crippen LogP contribution is -2.54. The van der Waals surface area contributed by atoms with E-state index < -0.39 is 33.3 Å². The lowest BCUT2D eigenvalue weighted by molar-refractivity contribution is -0.122. The van der Waals surface area contributed by atoms with Crippen LogP contribution >= 0.6 is 34.8 Å². The molecule has 1 N–H and O–H groups in total. The Labute approximate surface area is 187 Å². The minimum absolute atomic E-state index is 0.0283. The zero-order valence-electron chi connectivity index (χ0n) is 15.4. The van der Waals surface area contributed by atoms with Crippen LogP contribution in [0.5, 0.6) is 5.75 Å². The van der Waals surface area contributed by atoms with Crippen LogP contribution in [-0.2, 0) is 9.59 Å². The Hall–Kier alpha value is -2.34. The van der Waals surface area contributed by atoms with E-state index in [1.54, 1.807) is 6.08 Å². The van der Waals surface area contributed by atoms with Gasteiger partial charge >= 0.3 is 0 Å². The molecule has 0 saturated carbocycles. The Morgan fingerprint density at radius 2 is 1.80 bits per heavy atom. The van der Waals surface area contributed by atoms with E-state index in [0.29, 0.717) is 10.6 Å². The maximum Gasteiger partial charge on any atom is 0.258 e. The standard InChI is InChI=1S/C22H15Cl3FNO3/c1-2-12-9-10-21(24)19(29)27(15-6-4-14(26)5-7-15)20(30)22(21,25)18(12)16-11-13(23)3-8-17(16)28/h2-9,11,18,28H,1,10H2. The minimum atomic E-state index is -1.97. The summed E-state index contributed by atoms with van der Waals surface area (Å²) in [5, 5.41) is 10.8.